The summed E-state index contributed by atoms with van der Waals surface area (Å²) in [6.45, 7) is -0.352. The molecule has 2 N–H and O–H groups in total. The molecule has 1 aromatic carbocycles. The zero-order chi connectivity index (χ0) is 14.1. The average Bonchev–Trinajstić information content (AvgIpc) is 2.45. The summed E-state index contributed by atoms with van der Waals surface area (Å²) in [7, 11) is 1.17. The summed E-state index contributed by atoms with van der Waals surface area (Å²) in [6.07, 6.45) is -0.184. The molecule has 0 aliphatic carbocycles. The van der Waals surface area contributed by atoms with E-state index in [1.807, 2.05) is 30.3 Å². The highest BCUT2D eigenvalue weighted by molar-refractivity contribution is 5.81. The maximum absolute atomic E-state index is 11.4. The third-order valence-corrected chi connectivity index (χ3v) is 2.43. The van der Waals surface area contributed by atoms with Gasteiger partial charge >= 0.3 is 12.1 Å². The maximum Gasteiger partial charge on any atom is 0.407 e. The van der Waals surface area contributed by atoms with E-state index in [0.717, 1.165) is 5.56 Å². The van der Waals surface area contributed by atoms with Crippen molar-refractivity contribution in [1.29, 1.82) is 0 Å². The molecule has 0 heterocycles. The first-order valence-electron chi connectivity index (χ1n) is 5.83. The van der Waals surface area contributed by atoms with Gasteiger partial charge in [-0.05, 0) is 5.56 Å². The van der Waals surface area contributed by atoms with Crippen molar-refractivity contribution in [2.24, 2.45) is 0 Å². The number of alkyl carbamates (subject to hydrolysis) is 1. The second-order valence-electron chi connectivity index (χ2n) is 3.77. The molecule has 6 nitrogen and oxygen atoms in total. The number of esters is 1. The Hall–Kier alpha value is -2.08. The maximum atomic E-state index is 11.4. The Morgan fingerprint density at radius 3 is 2.58 bits per heavy atom. The van der Waals surface area contributed by atoms with Crippen LogP contribution in [-0.2, 0) is 20.7 Å². The predicted octanol–water partition coefficient (Wildman–Crippen LogP) is 0.489. The van der Waals surface area contributed by atoms with Crippen molar-refractivity contribution >= 4 is 12.1 Å². The number of methoxy groups -OCH3 is 1. The van der Waals surface area contributed by atoms with Crippen LogP contribution < -0.4 is 5.32 Å². The van der Waals surface area contributed by atoms with Crippen LogP contribution in [-0.4, -0.2) is 43.5 Å². The largest absolute Gasteiger partial charge is 0.467 e. The van der Waals surface area contributed by atoms with E-state index in [2.05, 4.69) is 10.1 Å². The zero-order valence-corrected chi connectivity index (χ0v) is 10.7. The van der Waals surface area contributed by atoms with Crippen LogP contribution in [0.5, 0.6) is 0 Å². The number of hydrogen-bond donors (Lipinski definition) is 2. The van der Waals surface area contributed by atoms with E-state index in [4.69, 9.17) is 9.84 Å². The van der Waals surface area contributed by atoms with Gasteiger partial charge in [0.2, 0.25) is 0 Å². The molecule has 0 aliphatic rings. The second kappa shape index (κ2) is 8.10. The van der Waals surface area contributed by atoms with Crippen LogP contribution in [0.1, 0.15) is 5.56 Å². The fraction of sp³-hybridized carbons (Fsp3) is 0.385. The molecule has 0 fully saturated rings. The number of ether oxygens (including phenoxy) is 2. The fourth-order valence-corrected chi connectivity index (χ4v) is 1.41. The molecule has 1 atom stereocenters. The molecule has 0 saturated heterocycles. The standard InChI is InChI=1S/C13H17NO5/c1-18-12(16)11(9-15)14-13(17)19-8-7-10-5-3-2-4-6-10/h2-6,11,15H,7-9H2,1H3,(H,14,17)/t11-/m0/s1. The highest BCUT2D eigenvalue weighted by Gasteiger charge is 2.20. The Bertz CT molecular complexity index is 407. The smallest absolute Gasteiger partial charge is 0.407 e. The first-order valence-corrected chi connectivity index (χ1v) is 5.83. The van der Waals surface area contributed by atoms with E-state index in [9.17, 15) is 9.59 Å². The molecule has 1 rings (SSSR count). The van der Waals surface area contributed by atoms with Crippen LogP contribution in [0.25, 0.3) is 0 Å². The number of carbonyl (C=O) groups is 2. The SMILES string of the molecule is COC(=O)[C@H](CO)NC(=O)OCCc1ccccc1. The Morgan fingerprint density at radius 2 is 2.00 bits per heavy atom. The number of nitrogens with one attached hydrogen (secondary N) is 1. The lowest BCUT2D eigenvalue weighted by Gasteiger charge is -2.13. The van der Waals surface area contributed by atoms with Gasteiger partial charge in [-0.3, -0.25) is 0 Å². The highest BCUT2D eigenvalue weighted by Crippen LogP contribution is 1.99. The number of aliphatic hydroxyl groups excluding tert-OH is 1. The summed E-state index contributed by atoms with van der Waals surface area (Å²) in [4.78, 5) is 22.5. The van der Waals surface area contributed by atoms with E-state index in [1.54, 1.807) is 0 Å². The van der Waals surface area contributed by atoms with Gasteiger partial charge in [-0.2, -0.15) is 0 Å². The van der Waals surface area contributed by atoms with Crippen LogP contribution in [0.15, 0.2) is 30.3 Å². The van der Waals surface area contributed by atoms with Crippen molar-refractivity contribution in [2.45, 2.75) is 12.5 Å². The lowest BCUT2D eigenvalue weighted by Crippen LogP contribution is -2.44. The normalized spacial score (nSPS) is 11.5. The minimum atomic E-state index is -1.10. The lowest BCUT2D eigenvalue weighted by molar-refractivity contribution is -0.144. The van der Waals surface area contributed by atoms with E-state index in [1.165, 1.54) is 7.11 Å². The molecule has 0 aromatic heterocycles. The third kappa shape index (κ3) is 5.39. The summed E-state index contributed by atoms with van der Waals surface area (Å²) in [5.74, 6) is -0.720. The number of rotatable bonds is 6. The van der Waals surface area contributed by atoms with Crippen molar-refractivity contribution in [3.05, 3.63) is 35.9 Å². The van der Waals surface area contributed by atoms with Crippen molar-refractivity contribution in [3.8, 4) is 0 Å². The van der Waals surface area contributed by atoms with Crippen molar-refractivity contribution in [3.63, 3.8) is 0 Å². The summed E-state index contributed by atoms with van der Waals surface area (Å²) in [5.41, 5.74) is 1.04. The monoisotopic (exact) mass is 267 g/mol. The van der Waals surface area contributed by atoms with Gasteiger partial charge in [0.1, 0.15) is 0 Å². The van der Waals surface area contributed by atoms with E-state index in [-0.39, 0.29) is 6.61 Å². The van der Waals surface area contributed by atoms with Gasteiger partial charge < -0.3 is 19.9 Å². The fourth-order valence-electron chi connectivity index (χ4n) is 1.41. The molecule has 19 heavy (non-hydrogen) atoms. The van der Waals surface area contributed by atoms with Crippen molar-refractivity contribution < 1.29 is 24.2 Å². The molecule has 0 spiro atoms. The number of aliphatic hydroxyl groups is 1. The molecule has 0 unspecified atom stereocenters. The average molecular weight is 267 g/mol. The quantitative estimate of drug-likeness (QED) is 0.733. The first kappa shape index (κ1) is 15.0. The zero-order valence-electron chi connectivity index (χ0n) is 10.7. The van der Waals surface area contributed by atoms with Crippen LogP contribution in [0, 0.1) is 0 Å². The molecule has 0 radical (unpaired) electrons. The summed E-state index contributed by atoms with van der Waals surface area (Å²) >= 11 is 0. The number of hydrogen-bond acceptors (Lipinski definition) is 5. The molecule has 0 bridgehead atoms. The number of benzene rings is 1. The number of amides is 1. The molecule has 6 heteroatoms. The Morgan fingerprint density at radius 1 is 1.32 bits per heavy atom. The van der Waals surface area contributed by atoms with Gasteiger partial charge in [0.15, 0.2) is 6.04 Å². The van der Waals surface area contributed by atoms with E-state index in [0.29, 0.717) is 6.42 Å². The molecular weight excluding hydrogens is 250 g/mol. The van der Waals surface area contributed by atoms with Crippen molar-refractivity contribution in [1.82, 2.24) is 5.32 Å². The summed E-state index contributed by atoms with van der Waals surface area (Å²) < 4.78 is 9.31. The van der Waals surface area contributed by atoms with Crippen molar-refractivity contribution in [2.75, 3.05) is 20.3 Å². The minimum Gasteiger partial charge on any atom is -0.467 e. The van der Waals surface area contributed by atoms with Gasteiger partial charge in [0, 0.05) is 6.42 Å². The van der Waals surface area contributed by atoms with Gasteiger partial charge in [0.25, 0.3) is 0 Å². The molecular formula is C13H17NO5. The minimum absolute atomic E-state index is 0.190. The van der Waals surface area contributed by atoms with Gasteiger partial charge in [-0.25, -0.2) is 9.59 Å². The van der Waals surface area contributed by atoms with Crippen LogP contribution >= 0.6 is 0 Å². The van der Waals surface area contributed by atoms with E-state index < -0.39 is 24.7 Å². The summed E-state index contributed by atoms with van der Waals surface area (Å²) in [5, 5.41) is 11.1. The van der Waals surface area contributed by atoms with E-state index >= 15 is 0 Å². The van der Waals surface area contributed by atoms with Crippen LogP contribution in [0.2, 0.25) is 0 Å². The second-order valence-corrected chi connectivity index (χ2v) is 3.77. The number of carbonyl (C=O) groups excluding carboxylic acids is 2. The van der Waals surface area contributed by atoms with Crippen LogP contribution in [0.4, 0.5) is 4.79 Å². The first-order chi connectivity index (χ1) is 9.17. The van der Waals surface area contributed by atoms with Gasteiger partial charge in [-0.1, -0.05) is 30.3 Å². The summed E-state index contributed by atoms with van der Waals surface area (Å²) in [6, 6.07) is 8.44. The third-order valence-electron chi connectivity index (χ3n) is 2.43. The molecule has 1 amide bonds. The van der Waals surface area contributed by atoms with Gasteiger partial charge in [-0.15, -0.1) is 0 Å². The highest BCUT2D eigenvalue weighted by atomic mass is 16.6. The Labute approximate surface area is 111 Å². The molecule has 0 saturated carbocycles. The predicted molar refractivity (Wildman–Crippen MR) is 67.5 cm³/mol. The topological polar surface area (TPSA) is 84.9 Å². The van der Waals surface area contributed by atoms with Gasteiger partial charge in [0.05, 0.1) is 20.3 Å². The Balaban J connectivity index is 2.29. The molecule has 0 aliphatic heterocycles. The lowest BCUT2D eigenvalue weighted by atomic mass is 10.2. The molecule has 104 valence electrons. The Kier molecular flexibility index (Phi) is 6.38. The van der Waals surface area contributed by atoms with Crippen LogP contribution in [0.3, 0.4) is 0 Å². The molecule has 1 aromatic rings.